The summed E-state index contributed by atoms with van der Waals surface area (Å²) in [7, 11) is -4.30. The Morgan fingerprint density at radius 1 is 1.08 bits per heavy atom. The van der Waals surface area contributed by atoms with Crippen LogP contribution in [0, 0.1) is 11.6 Å². The van der Waals surface area contributed by atoms with Gasteiger partial charge in [0.05, 0.1) is 27.9 Å². The number of sulfonamides is 1. The average molecular weight is 556 g/mol. The molecule has 0 saturated carbocycles. The van der Waals surface area contributed by atoms with Gasteiger partial charge in [0.25, 0.3) is 11.8 Å². The lowest BCUT2D eigenvalue weighted by Gasteiger charge is -2.36. The molecule has 0 spiro atoms. The van der Waals surface area contributed by atoms with E-state index in [1.165, 1.54) is 24.7 Å². The molecule has 4 N–H and O–H groups in total. The molecule has 0 atom stereocenters. The molecule has 39 heavy (non-hydrogen) atoms. The van der Waals surface area contributed by atoms with Gasteiger partial charge in [0.2, 0.25) is 10.0 Å². The van der Waals surface area contributed by atoms with Gasteiger partial charge in [0, 0.05) is 54.4 Å². The largest absolute Gasteiger partial charge is 0.367 e. The molecule has 5 rings (SSSR count). The highest BCUT2D eigenvalue weighted by atomic mass is 32.2. The van der Waals surface area contributed by atoms with Gasteiger partial charge < -0.3 is 15.6 Å². The summed E-state index contributed by atoms with van der Waals surface area (Å²) < 4.78 is 55.4. The van der Waals surface area contributed by atoms with E-state index in [0.29, 0.717) is 22.9 Å². The number of aromatic nitrogens is 4. The van der Waals surface area contributed by atoms with Crippen molar-refractivity contribution in [1.82, 2.24) is 24.5 Å². The summed E-state index contributed by atoms with van der Waals surface area (Å²) in [4.78, 5) is 32.0. The summed E-state index contributed by atoms with van der Waals surface area (Å²) in [5.41, 5.74) is 0.823. The van der Waals surface area contributed by atoms with Gasteiger partial charge in [0.1, 0.15) is 11.6 Å². The van der Waals surface area contributed by atoms with Crippen molar-refractivity contribution in [3.8, 4) is 0 Å². The zero-order valence-electron chi connectivity index (χ0n) is 20.7. The van der Waals surface area contributed by atoms with Crippen molar-refractivity contribution in [2.75, 3.05) is 17.2 Å². The molecule has 202 valence electrons. The summed E-state index contributed by atoms with van der Waals surface area (Å²) in [5, 5.41) is 12.4. The number of rotatable bonds is 6. The number of carbonyl (C=O) groups excluding carboxylic acids is 2. The Morgan fingerprint density at radius 2 is 1.82 bits per heavy atom. The molecule has 0 bridgehead atoms. The summed E-state index contributed by atoms with van der Waals surface area (Å²) >= 11 is 0. The number of carbonyl (C=O) groups is 2. The molecule has 0 aliphatic carbocycles. The van der Waals surface area contributed by atoms with Crippen molar-refractivity contribution in [2.45, 2.75) is 30.7 Å². The minimum atomic E-state index is -4.30. The number of benzene rings is 1. The van der Waals surface area contributed by atoms with E-state index < -0.39 is 43.8 Å². The molecule has 0 radical (unpaired) electrons. The Morgan fingerprint density at radius 3 is 2.51 bits per heavy atom. The first-order chi connectivity index (χ1) is 18.5. The molecule has 1 aliphatic rings. The van der Waals surface area contributed by atoms with Crippen molar-refractivity contribution in [1.29, 1.82) is 0 Å². The third-order valence-electron chi connectivity index (χ3n) is 6.33. The molecule has 0 fully saturated rings. The second-order valence-electron chi connectivity index (χ2n) is 9.62. The number of hydrogen-bond acceptors (Lipinski definition) is 6. The molecule has 11 nitrogen and oxygen atoms in total. The third kappa shape index (κ3) is 5.03. The fraction of sp³-hybridized carbons (Fsp3) is 0.200. The number of halogens is 2. The number of H-pyrrole nitrogens is 2. The first-order valence-electron chi connectivity index (χ1n) is 11.7. The van der Waals surface area contributed by atoms with Crippen LogP contribution in [0.5, 0.6) is 0 Å². The Kier molecular flexibility index (Phi) is 6.52. The molecule has 1 aliphatic heterocycles. The van der Waals surface area contributed by atoms with E-state index in [-0.39, 0.29) is 30.2 Å². The summed E-state index contributed by atoms with van der Waals surface area (Å²) in [6.07, 6.45) is 5.80. The van der Waals surface area contributed by atoms with E-state index in [1.54, 1.807) is 26.1 Å². The minimum Gasteiger partial charge on any atom is -0.367 e. The lowest BCUT2D eigenvalue weighted by molar-refractivity contribution is 0.102. The van der Waals surface area contributed by atoms with Crippen molar-refractivity contribution in [2.24, 2.45) is 0 Å². The molecular weight excluding hydrogens is 532 g/mol. The second-order valence-corrected chi connectivity index (χ2v) is 11.6. The zero-order chi connectivity index (χ0) is 27.9. The monoisotopic (exact) mass is 555 g/mol. The van der Waals surface area contributed by atoms with Crippen LogP contribution < -0.4 is 10.6 Å². The molecule has 0 saturated heterocycles. The van der Waals surface area contributed by atoms with Crippen molar-refractivity contribution >= 4 is 33.3 Å². The number of aromatic amines is 2. The number of fused-ring (bicyclic) bond motifs is 1. The molecule has 3 aromatic heterocycles. The normalized spacial score (nSPS) is 15.0. The predicted molar refractivity (Wildman–Crippen MR) is 137 cm³/mol. The topological polar surface area (TPSA) is 153 Å². The predicted octanol–water partition coefficient (Wildman–Crippen LogP) is 3.40. The van der Waals surface area contributed by atoms with E-state index in [1.807, 2.05) is 0 Å². The number of anilines is 2. The van der Waals surface area contributed by atoms with E-state index in [9.17, 15) is 26.8 Å². The quantitative estimate of drug-likeness (QED) is 0.286. The molecule has 4 aromatic rings. The van der Waals surface area contributed by atoms with E-state index in [0.717, 1.165) is 16.4 Å². The molecule has 14 heteroatoms. The van der Waals surface area contributed by atoms with Gasteiger partial charge in [-0.15, -0.1) is 0 Å². The Hall–Kier alpha value is -4.43. The van der Waals surface area contributed by atoms with Crippen LogP contribution >= 0.6 is 0 Å². The van der Waals surface area contributed by atoms with Crippen LogP contribution in [0.25, 0.3) is 0 Å². The number of hydrogen-bond donors (Lipinski definition) is 4. The van der Waals surface area contributed by atoms with Gasteiger partial charge in [-0.2, -0.15) is 9.40 Å². The van der Waals surface area contributed by atoms with Gasteiger partial charge >= 0.3 is 0 Å². The van der Waals surface area contributed by atoms with Crippen LogP contribution in [-0.4, -0.2) is 51.2 Å². The lowest BCUT2D eigenvalue weighted by Crippen LogP contribution is -2.45. The van der Waals surface area contributed by atoms with Crippen LogP contribution in [0.1, 0.15) is 45.8 Å². The Bertz CT molecular complexity index is 1660. The SMILES string of the molecule is CC1(C)CN(S(=O)(=O)c2cc(F)cc(F)c2)Cc2c(NC(=O)c3ccncc3NC(=O)c3cc[nH]c3)n[nH]c21. The van der Waals surface area contributed by atoms with Crippen LogP contribution in [0.15, 0.2) is 60.0 Å². The lowest BCUT2D eigenvalue weighted by atomic mass is 9.84. The van der Waals surface area contributed by atoms with Crippen LogP contribution in [0.2, 0.25) is 0 Å². The number of amides is 2. The second kappa shape index (κ2) is 9.71. The van der Waals surface area contributed by atoms with Gasteiger partial charge in [0.15, 0.2) is 5.82 Å². The zero-order valence-corrected chi connectivity index (χ0v) is 21.6. The molecular formula is C25H23F2N7O4S. The van der Waals surface area contributed by atoms with Gasteiger partial charge in [-0.1, -0.05) is 13.8 Å². The van der Waals surface area contributed by atoms with Crippen molar-refractivity contribution in [3.05, 3.63) is 89.1 Å². The van der Waals surface area contributed by atoms with Crippen LogP contribution in [-0.2, 0) is 22.0 Å². The first kappa shape index (κ1) is 26.2. The fourth-order valence-electron chi connectivity index (χ4n) is 4.46. The average Bonchev–Trinajstić information content (AvgIpc) is 3.55. The van der Waals surface area contributed by atoms with Crippen LogP contribution in [0.3, 0.4) is 0 Å². The van der Waals surface area contributed by atoms with E-state index in [2.05, 4.69) is 30.8 Å². The Balaban J connectivity index is 1.43. The molecule has 1 aromatic carbocycles. The maximum absolute atomic E-state index is 13.8. The standard InChI is InChI=1S/C25H23F2N7O4S/c1-25(2)13-34(39(37,38)17-8-15(26)7-16(27)9-17)12-19-21(25)32-33-22(19)31-24(36)18-4-6-29-11-20(18)30-23(35)14-3-5-28-10-14/h3-11,28H,12-13H2,1-2H3,(H,30,35)(H2,31,32,33,36). The molecule has 2 amide bonds. The summed E-state index contributed by atoms with van der Waals surface area (Å²) in [6, 6.07) is 5.09. The number of pyridine rings is 1. The Labute approximate surface area is 221 Å². The molecule has 4 heterocycles. The third-order valence-corrected chi connectivity index (χ3v) is 8.10. The smallest absolute Gasteiger partial charge is 0.259 e. The minimum absolute atomic E-state index is 0.00423. The van der Waals surface area contributed by atoms with E-state index in [4.69, 9.17) is 0 Å². The summed E-state index contributed by atoms with van der Waals surface area (Å²) in [5.74, 6) is -3.03. The van der Waals surface area contributed by atoms with Crippen LogP contribution in [0.4, 0.5) is 20.3 Å². The number of nitrogens with zero attached hydrogens (tertiary/aromatic N) is 3. The van der Waals surface area contributed by atoms with Crippen molar-refractivity contribution in [3.63, 3.8) is 0 Å². The van der Waals surface area contributed by atoms with Gasteiger partial charge in [-0.05, 0) is 24.3 Å². The highest BCUT2D eigenvalue weighted by Gasteiger charge is 2.41. The summed E-state index contributed by atoms with van der Waals surface area (Å²) in [6.45, 7) is 3.34. The fourth-order valence-corrected chi connectivity index (χ4v) is 6.07. The van der Waals surface area contributed by atoms with E-state index >= 15 is 0 Å². The highest BCUT2D eigenvalue weighted by Crippen LogP contribution is 2.38. The van der Waals surface area contributed by atoms with Gasteiger partial charge in [-0.25, -0.2) is 17.2 Å². The maximum atomic E-state index is 13.8. The first-order valence-corrected chi connectivity index (χ1v) is 13.1. The molecule has 0 unspecified atom stereocenters. The van der Waals surface area contributed by atoms with Crippen molar-refractivity contribution < 1.29 is 26.8 Å². The number of nitrogens with one attached hydrogen (secondary N) is 4. The maximum Gasteiger partial charge on any atom is 0.259 e. The van der Waals surface area contributed by atoms with Gasteiger partial charge in [-0.3, -0.25) is 19.7 Å². The highest BCUT2D eigenvalue weighted by molar-refractivity contribution is 7.89.